The van der Waals surface area contributed by atoms with E-state index in [-0.39, 0.29) is 11.5 Å². The number of carbonyl (C=O) groups is 1. The van der Waals surface area contributed by atoms with Crippen LogP contribution in [0.4, 0.5) is 22.7 Å². The summed E-state index contributed by atoms with van der Waals surface area (Å²) in [6.45, 7) is 3.63. The predicted molar refractivity (Wildman–Crippen MR) is 102 cm³/mol. The summed E-state index contributed by atoms with van der Waals surface area (Å²) in [6.07, 6.45) is 0. The highest BCUT2D eigenvalue weighted by atomic mass is 16.6. The highest BCUT2D eigenvalue weighted by Gasteiger charge is 2.21. The number of hydrazine groups is 1. The fourth-order valence-corrected chi connectivity index (χ4v) is 2.33. The third-order valence-corrected chi connectivity index (χ3v) is 3.75. The molecule has 2 rings (SSSR count). The minimum absolute atomic E-state index is 0.0892. The second-order valence-electron chi connectivity index (χ2n) is 5.66. The average molecular weight is 387 g/mol. The molecule has 0 atom stereocenters. The fraction of sp³-hybridized carbons (Fsp3) is 0.176. The van der Waals surface area contributed by atoms with Gasteiger partial charge in [-0.25, -0.2) is 9.79 Å². The number of non-ortho nitro benzene ring substituents is 1. The molecule has 0 saturated heterocycles. The molecule has 11 nitrogen and oxygen atoms in total. The number of nitro benzene ring substituents is 2. The van der Waals surface area contributed by atoms with Crippen molar-refractivity contribution in [2.45, 2.75) is 13.8 Å². The van der Waals surface area contributed by atoms with E-state index in [0.29, 0.717) is 5.69 Å². The molecule has 0 saturated carbocycles. The Balaban J connectivity index is 2.38. The lowest BCUT2D eigenvalue weighted by Gasteiger charge is -2.12. The summed E-state index contributed by atoms with van der Waals surface area (Å²) in [5.41, 5.74) is 6.06. The number of nitro groups is 2. The SMILES string of the molecule is COC(=O)C(=Nc1c(C)cccc1C)NNc1ccc([N+](=O)[O-])cc1[N+](=O)[O-]. The quantitative estimate of drug-likeness (QED) is 0.261. The number of para-hydroxylation sites is 1. The molecule has 0 bridgehead atoms. The monoisotopic (exact) mass is 387 g/mol. The first-order valence-corrected chi connectivity index (χ1v) is 7.92. The third kappa shape index (κ3) is 4.58. The van der Waals surface area contributed by atoms with Crippen molar-refractivity contribution >= 4 is 34.6 Å². The van der Waals surface area contributed by atoms with Crippen molar-refractivity contribution in [3.63, 3.8) is 0 Å². The molecule has 0 amide bonds. The molecule has 0 radical (unpaired) electrons. The van der Waals surface area contributed by atoms with E-state index < -0.39 is 27.2 Å². The number of hydrogen-bond donors (Lipinski definition) is 2. The van der Waals surface area contributed by atoms with Gasteiger partial charge >= 0.3 is 11.7 Å². The Kier molecular flexibility index (Phi) is 6.22. The zero-order valence-corrected chi connectivity index (χ0v) is 15.3. The number of amidine groups is 1. The van der Waals surface area contributed by atoms with Crippen molar-refractivity contribution in [2.24, 2.45) is 4.99 Å². The Morgan fingerprint density at radius 1 is 1.07 bits per heavy atom. The Labute approximate surface area is 159 Å². The summed E-state index contributed by atoms with van der Waals surface area (Å²) < 4.78 is 4.69. The van der Waals surface area contributed by atoms with Gasteiger partial charge in [0.1, 0.15) is 5.69 Å². The molecule has 0 fully saturated rings. The van der Waals surface area contributed by atoms with E-state index in [0.717, 1.165) is 29.3 Å². The third-order valence-electron chi connectivity index (χ3n) is 3.75. The fourth-order valence-electron chi connectivity index (χ4n) is 2.33. The van der Waals surface area contributed by atoms with E-state index in [1.807, 2.05) is 32.0 Å². The van der Waals surface area contributed by atoms with E-state index in [1.165, 1.54) is 7.11 Å². The highest BCUT2D eigenvalue weighted by Crippen LogP contribution is 2.28. The number of ether oxygens (including phenoxy) is 1. The maximum absolute atomic E-state index is 12.0. The summed E-state index contributed by atoms with van der Waals surface area (Å²) in [5, 5.41) is 22.0. The van der Waals surface area contributed by atoms with Crippen LogP contribution in [0.15, 0.2) is 41.4 Å². The maximum atomic E-state index is 12.0. The largest absolute Gasteiger partial charge is 0.463 e. The van der Waals surface area contributed by atoms with E-state index in [2.05, 4.69) is 20.6 Å². The van der Waals surface area contributed by atoms with Crippen LogP contribution >= 0.6 is 0 Å². The Hall–Kier alpha value is -4.02. The summed E-state index contributed by atoms with van der Waals surface area (Å²) in [7, 11) is 1.17. The lowest BCUT2D eigenvalue weighted by Crippen LogP contribution is -2.36. The van der Waals surface area contributed by atoms with Gasteiger partial charge in [-0.05, 0) is 31.0 Å². The van der Waals surface area contributed by atoms with Crippen LogP contribution in [-0.2, 0) is 9.53 Å². The second kappa shape index (κ2) is 8.58. The molecule has 0 aliphatic carbocycles. The van der Waals surface area contributed by atoms with Gasteiger partial charge in [0.25, 0.3) is 5.69 Å². The summed E-state index contributed by atoms with van der Waals surface area (Å²) in [5.74, 6) is -1.05. The molecule has 28 heavy (non-hydrogen) atoms. The molecule has 0 aromatic heterocycles. The Bertz CT molecular complexity index is 952. The number of rotatable bonds is 5. The van der Waals surface area contributed by atoms with Crippen LogP contribution in [0.25, 0.3) is 0 Å². The minimum Gasteiger partial charge on any atom is -0.463 e. The van der Waals surface area contributed by atoms with Crippen molar-refractivity contribution in [3.05, 3.63) is 67.8 Å². The molecule has 0 aliphatic heterocycles. The molecule has 0 unspecified atom stereocenters. The van der Waals surface area contributed by atoms with Crippen LogP contribution in [0.5, 0.6) is 0 Å². The number of aliphatic imine (C=N–C) groups is 1. The smallest absolute Gasteiger partial charge is 0.375 e. The van der Waals surface area contributed by atoms with Gasteiger partial charge in [-0.3, -0.25) is 31.1 Å². The molecular formula is C17H17N5O6. The molecule has 0 spiro atoms. The maximum Gasteiger partial charge on any atom is 0.375 e. The van der Waals surface area contributed by atoms with E-state index in [4.69, 9.17) is 0 Å². The number of aryl methyl sites for hydroxylation is 2. The van der Waals surface area contributed by atoms with Gasteiger partial charge in [0.2, 0.25) is 5.84 Å². The van der Waals surface area contributed by atoms with Gasteiger partial charge in [0.05, 0.1) is 28.7 Å². The number of benzene rings is 2. The van der Waals surface area contributed by atoms with Gasteiger partial charge < -0.3 is 4.74 Å². The highest BCUT2D eigenvalue weighted by molar-refractivity contribution is 6.36. The average Bonchev–Trinajstić information content (AvgIpc) is 2.66. The molecule has 0 heterocycles. The molecular weight excluding hydrogens is 370 g/mol. The molecule has 11 heteroatoms. The van der Waals surface area contributed by atoms with Gasteiger partial charge in [-0.1, -0.05) is 18.2 Å². The van der Waals surface area contributed by atoms with Gasteiger partial charge in [-0.15, -0.1) is 0 Å². The Morgan fingerprint density at radius 3 is 2.25 bits per heavy atom. The van der Waals surface area contributed by atoms with Crippen molar-refractivity contribution in [1.29, 1.82) is 0 Å². The van der Waals surface area contributed by atoms with Crippen molar-refractivity contribution in [1.82, 2.24) is 5.43 Å². The standard InChI is InChI=1S/C17H17N5O6/c1-10-5-4-6-11(2)15(10)18-16(17(23)28-3)20-19-13-8-7-12(21(24)25)9-14(13)22(26)27/h4-9,19H,1-3H3,(H,18,20). The van der Waals surface area contributed by atoms with Crippen LogP contribution in [0.2, 0.25) is 0 Å². The Morgan fingerprint density at radius 2 is 1.71 bits per heavy atom. The van der Waals surface area contributed by atoms with E-state index in [9.17, 15) is 25.0 Å². The minimum atomic E-state index is -0.806. The first-order chi connectivity index (χ1) is 13.2. The van der Waals surface area contributed by atoms with Crippen LogP contribution in [0, 0.1) is 34.1 Å². The van der Waals surface area contributed by atoms with Gasteiger partial charge in [0, 0.05) is 6.07 Å². The van der Waals surface area contributed by atoms with Gasteiger partial charge in [-0.2, -0.15) is 0 Å². The van der Waals surface area contributed by atoms with Crippen LogP contribution in [-0.4, -0.2) is 28.8 Å². The summed E-state index contributed by atoms with van der Waals surface area (Å²) in [4.78, 5) is 36.8. The molecule has 0 aliphatic rings. The van der Waals surface area contributed by atoms with E-state index in [1.54, 1.807) is 0 Å². The zero-order valence-electron chi connectivity index (χ0n) is 15.3. The zero-order chi connectivity index (χ0) is 20.8. The van der Waals surface area contributed by atoms with Crippen LogP contribution in [0.1, 0.15) is 11.1 Å². The second-order valence-corrected chi connectivity index (χ2v) is 5.66. The predicted octanol–water partition coefficient (Wildman–Crippen LogP) is 2.94. The van der Waals surface area contributed by atoms with Crippen LogP contribution < -0.4 is 10.9 Å². The summed E-state index contributed by atoms with van der Waals surface area (Å²) in [6, 6.07) is 8.52. The molecule has 2 aromatic carbocycles. The lowest BCUT2D eigenvalue weighted by molar-refractivity contribution is -0.393. The number of anilines is 1. The van der Waals surface area contributed by atoms with Crippen molar-refractivity contribution in [2.75, 3.05) is 12.5 Å². The first-order valence-electron chi connectivity index (χ1n) is 7.92. The molecule has 2 aromatic rings. The van der Waals surface area contributed by atoms with E-state index >= 15 is 0 Å². The normalized spacial score (nSPS) is 10.9. The number of nitrogens with one attached hydrogen (secondary N) is 2. The van der Waals surface area contributed by atoms with Crippen molar-refractivity contribution in [3.8, 4) is 0 Å². The number of carbonyl (C=O) groups excluding carboxylic acids is 1. The number of esters is 1. The number of hydrogen-bond acceptors (Lipinski definition) is 8. The molecule has 146 valence electrons. The topological polar surface area (TPSA) is 149 Å². The molecule has 2 N–H and O–H groups in total. The first kappa shape index (κ1) is 20.3. The number of methoxy groups -OCH3 is 1. The van der Waals surface area contributed by atoms with Crippen molar-refractivity contribution < 1.29 is 19.4 Å². The lowest BCUT2D eigenvalue weighted by atomic mass is 10.1. The summed E-state index contributed by atoms with van der Waals surface area (Å²) >= 11 is 0. The number of nitrogens with zero attached hydrogens (tertiary/aromatic N) is 3. The van der Waals surface area contributed by atoms with Gasteiger partial charge in [0.15, 0.2) is 0 Å². The van der Waals surface area contributed by atoms with Crippen LogP contribution in [0.3, 0.4) is 0 Å².